The standard InChI is InChI=1S/C17H29N3O3/c1-6-12(3)20-17(18-7-2)19-11-16(21)13-8-14(22-4)10-15(9-13)23-5/h8-10,12,16,21H,6-7,11H2,1-5H3,(H2,18,19,20). The van der Waals surface area contributed by atoms with E-state index in [4.69, 9.17) is 9.47 Å². The number of aliphatic hydroxyl groups excluding tert-OH is 1. The number of rotatable bonds is 8. The van der Waals surface area contributed by atoms with E-state index < -0.39 is 6.10 Å². The van der Waals surface area contributed by atoms with Gasteiger partial charge in [0.25, 0.3) is 0 Å². The van der Waals surface area contributed by atoms with Crippen LogP contribution in [0.1, 0.15) is 38.9 Å². The minimum atomic E-state index is -0.730. The van der Waals surface area contributed by atoms with Crippen LogP contribution in [0.3, 0.4) is 0 Å². The molecule has 1 aromatic carbocycles. The number of nitrogens with one attached hydrogen (secondary N) is 2. The van der Waals surface area contributed by atoms with Gasteiger partial charge in [0.2, 0.25) is 0 Å². The van der Waals surface area contributed by atoms with Gasteiger partial charge in [0.05, 0.1) is 26.9 Å². The molecule has 130 valence electrons. The maximum Gasteiger partial charge on any atom is 0.191 e. The average Bonchev–Trinajstić information content (AvgIpc) is 2.58. The number of ether oxygens (including phenoxy) is 2. The predicted molar refractivity (Wildman–Crippen MR) is 93.4 cm³/mol. The van der Waals surface area contributed by atoms with Gasteiger partial charge in [-0.05, 0) is 38.0 Å². The summed E-state index contributed by atoms with van der Waals surface area (Å²) in [6, 6.07) is 5.67. The van der Waals surface area contributed by atoms with E-state index in [1.165, 1.54) is 0 Å². The summed E-state index contributed by atoms with van der Waals surface area (Å²) >= 11 is 0. The summed E-state index contributed by atoms with van der Waals surface area (Å²) in [5.74, 6) is 2.00. The third-order valence-corrected chi connectivity index (χ3v) is 3.52. The van der Waals surface area contributed by atoms with Gasteiger partial charge in [-0.1, -0.05) is 6.92 Å². The molecule has 23 heavy (non-hydrogen) atoms. The molecule has 0 aliphatic rings. The molecule has 6 heteroatoms. The molecule has 0 saturated heterocycles. The summed E-state index contributed by atoms with van der Waals surface area (Å²) < 4.78 is 10.5. The van der Waals surface area contributed by atoms with Crippen molar-refractivity contribution in [2.45, 2.75) is 39.3 Å². The van der Waals surface area contributed by atoms with Gasteiger partial charge in [-0.25, -0.2) is 0 Å². The van der Waals surface area contributed by atoms with Crippen molar-refractivity contribution < 1.29 is 14.6 Å². The van der Waals surface area contributed by atoms with Gasteiger partial charge in [0.15, 0.2) is 5.96 Å². The number of hydrogen-bond acceptors (Lipinski definition) is 4. The Morgan fingerprint density at radius 1 is 1.17 bits per heavy atom. The molecule has 0 aromatic heterocycles. The zero-order valence-electron chi connectivity index (χ0n) is 14.7. The second kappa shape index (κ2) is 9.94. The minimum absolute atomic E-state index is 0.252. The van der Waals surface area contributed by atoms with Crippen molar-refractivity contribution >= 4 is 5.96 Å². The molecule has 0 radical (unpaired) electrons. The van der Waals surface area contributed by atoms with Crippen molar-refractivity contribution in [1.82, 2.24) is 10.6 Å². The summed E-state index contributed by atoms with van der Waals surface area (Å²) in [4.78, 5) is 4.45. The quantitative estimate of drug-likeness (QED) is 0.504. The van der Waals surface area contributed by atoms with Crippen molar-refractivity contribution in [2.75, 3.05) is 27.3 Å². The van der Waals surface area contributed by atoms with E-state index in [-0.39, 0.29) is 6.54 Å². The van der Waals surface area contributed by atoms with E-state index in [1.54, 1.807) is 32.4 Å². The first-order valence-corrected chi connectivity index (χ1v) is 7.99. The largest absolute Gasteiger partial charge is 0.497 e. The molecule has 0 aliphatic heterocycles. The van der Waals surface area contributed by atoms with E-state index in [9.17, 15) is 5.11 Å². The summed E-state index contributed by atoms with van der Waals surface area (Å²) in [6.07, 6.45) is 0.270. The minimum Gasteiger partial charge on any atom is -0.497 e. The summed E-state index contributed by atoms with van der Waals surface area (Å²) in [5, 5.41) is 16.9. The van der Waals surface area contributed by atoms with Crippen LogP contribution in [-0.4, -0.2) is 44.4 Å². The van der Waals surface area contributed by atoms with Gasteiger partial charge in [0.1, 0.15) is 11.5 Å². The van der Waals surface area contributed by atoms with Crippen LogP contribution in [0, 0.1) is 0 Å². The zero-order chi connectivity index (χ0) is 17.2. The van der Waals surface area contributed by atoms with Gasteiger partial charge in [0, 0.05) is 18.7 Å². The van der Waals surface area contributed by atoms with Crippen molar-refractivity contribution in [1.29, 1.82) is 0 Å². The highest BCUT2D eigenvalue weighted by Crippen LogP contribution is 2.26. The van der Waals surface area contributed by atoms with Crippen molar-refractivity contribution in [3.8, 4) is 11.5 Å². The average molecular weight is 323 g/mol. The molecule has 0 spiro atoms. The van der Waals surface area contributed by atoms with Gasteiger partial charge in [-0.15, -0.1) is 0 Å². The third kappa shape index (κ3) is 6.36. The number of aliphatic imine (C=N–C) groups is 1. The normalized spacial score (nSPS) is 14.1. The van der Waals surface area contributed by atoms with Crippen LogP contribution in [0.4, 0.5) is 0 Å². The van der Waals surface area contributed by atoms with E-state index in [1.807, 2.05) is 6.92 Å². The number of methoxy groups -OCH3 is 2. The highest BCUT2D eigenvalue weighted by Gasteiger charge is 2.11. The van der Waals surface area contributed by atoms with Gasteiger partial charge >= 0.3 is 0 Å². The van der Waals surface area contributed by atoms with Gasteiger partial charge < -0.3 is 25.2 Å². The molecular formula is C17H29N3O3. The summed E-state index contributed by atoms with van der Waals surface area (Å²) in [5.41, 5.74) is 0.712. The van der Waals surface area contributed by atoms with E-state index >= 15 is 0 Å². The number of nitrogens with zero attached hydrogens (tertiary/aromatic N) is 1. The van der Waals surface area contributed by atoms with E-state index in [2.05, 4.69) is 29.5 Å². The lowest BCUT2D eigenvalue weighted by molar-refractivity contribution is 0.186. The highest BCUT2D eigenvalue weighted by atomic mass is 16.5. The van der Waals surface area contributed by atoms with Crippen LogP contribution < -0.4 is 20.1 Å². The summed E-state index contributed by atoms with van der Waals surface area (Å²) in [7, 11) is 3.17. The van der Waals surface area contributed by atoms with Crippen LogP contribution in [0.5, 0.6) is 11.5 Å². The maximum atomic E-state index is 10.4. The van der Waals surface area contributed by atoms with Crippen LogP contribution >= 0.6 is 0 Å². The lowest BCUT2D eigenvalue weighted by atomic mass is 10.1. The Morgan fingerprint density at radius 2 is 1.78 bits per heavy atom. The van der Waals surface area contributed by atoms with Crippen LogP contribution in [0.25, 0.3) is 0 Å². The van der Waals surface area contributed by atoms with Crippen molar-refractivity contribution in [2.24, 2.45) is 4.99 Å². The van der Waals surface area contributed by atoms with Crippen LogP contribution in [-0.2, 0) is 0 Å². The Morgan fingerprint density at radius 3 is 2.26 bits per heavy atom. The molecule has 3 N–H and O–H groups in total. The molecule has 2 unspecified atom stereocenters. The Bertz CT molecular complexity index is 484. The Hall–Kier alpha value is -1.95. The SMILES string of the molecule is CCNC(=NCC(O)c1cc(OC)cc(OC)c1)NC(C)CC. The fourth-order valence-corrected chi connectivity index (χ4v) is 1.96. The molecule has 0 fully saturated rings. The molecule has 2 atom stereocenters. The maximum absolute atomic E-state index is 10.4. The second-order valence-electron chi connectivity index (χ2n) is 5.34. The fraction of sp³-hybridized carbons (Fsp3) is 0.588. The molecule has 0 bridgehead atoms. The lowest BCUT2D eigenvalue weighted by Crippen LogP contribution is -2.42. The third-order valence-electron chi connectivity index (χ3n) is 3.52. The monoisotopic (exact) mass is 323 g/mol. The Balaban J connectivity index is 2.83. The molecule has 1 rings (SSSR count). The first-order chi connectivity index (χ1) is 11.0. The molecule has 1 aromatic rings. The molecule has 0 aliphatic carbocycles. The lowest BCUT2D eigenvalue weighted by Gasteiger charge is -2.17. The molecule has 6 nitrogen and oxygen atoms in total. The molecule has 0 amide bonds. The van der Waals surface area contributed by atoms with E-state index in [0.717, 1.165) is 13.0 Å². The smallest absolute Gasteiger partial charge is 0.191 e. The van der Waals surface area contributed by atoms with Crippen molar-refractivity contribution in [3.63, 3.8) is 0 Å². The molecular weight excluding hydrogens is 294 g/mol. The Kier molecular flexibility index (Phi) is 8.26. The number of benzene rings is 1. The topological polar surface area (TPSA) is 75.1 Å². The first-order valence-electron chi connectivity index (χ1n) is 7.99. The number of aliphatic hydroxyl groups is 1. The van der Waals surface area contributed by atoms with E-state index in [0.29, 0.717) is 29.1 Å². The van der Waals surface area contributed by atoms with Crippen LogP contribution in [0.2, 0.25) is 0 Å². The molecule has 0 heterocycles. The first kappa shape index (κ1) is 19.1. The number of hydrogen-bond donors (Lipinski definition) is 3. The van der Waals surface area contributed by atoms with Crippen LogP contribution in [0.15, 0.2) is 23.2 Å². The predicted octanol–water partition coefficient (Wildman–Crippen LogP) is 2.09. The van der Waals surface area contributed by atoms with Gasteiger partial charge in [-0.3, -0.25) is 4.99 Å². The number of guanidine groups is 1. The second-order valence-corrected chi connectivity index (χ2v) is 5.34. The fourth-order valence-electron chi connectivity index (χ4n) is 1.96. The highest BCUT2D eigenvalue weighted by molar-refractivity contribution is 5.80. The van der Waals surface area contributed by atoms with Crippen molar-refractivity contribution in [3.05, 3.63) is 23.8 Å². The molecule has 0 saturated carbocycles. The summed E-state index contributed by atoms with van der Waals surface area (Å²) in [6.45, 7) is 7.24. The Labute approximate surface area is 138 Å². The van der Waals surface area contributed by atoms with Gasteiger partial charge in [-0.2, -0.15) is 0 Å². The zero-order valence-corrected chi connectivity index (χ0v) is 14.7.